The first-order valence-electron chi connectivity index (χ1n) is 5.50. The van der Waals surface area contributed by atoms with Crippen LogP contribution in [0.4, 0.5) is 0 Å². The summed E-state index contributed by atoms with van der Waals surface area (Å²) in [4.78, 5) is 13.4. The Morgan fingerprint density at radius 3 is 1.92 bits per heavy atom. The lowest BCUT2D eigenvalue weighted by atomic mass is 10.1. The Morgan fingerprint density at radius 2 is 1.54 bits per heavy atom. The van der Waals surface area contributed by atoms with Gasteiger partial charge >= 0.3 is 0 Å². The molecule has 1 aliphatic rings. The molecule has 1 rings (SSSR count). The standard InChI is InChI=1S/C9H17NO.C2H6/c1-8(2)9(11)10-6-4-3-5-7-10;1-2/h8H,3-7H2,1-2H3;1-2H3. The van der Waals surface area contributed by atoms with E-state index in [0.29, 0.717) is 5.91 Å². The molecule has 0 unspecified atom stereocenters. The molecule has 1 fully saturated rings. The highest BCUT2D eigenvalue weighted by atomic mass is 16.2. The van der Waals surface area contributed by atoms with Crippen LogP contribution >= 0.6 is 0 Å². The molecular weight excluding hydrogens is 162 g/mol. The smallest absolute Gasteiger partial charge is 0.225 e. The van der Waals surface area contributed by atoms with Gasteiger partial charge in [0, 0.05) is 19.0 Å². The quantitative estimate of drug-likeness (QED) is 0.615. The molecule has 0 atom stereocenters. The van der Waals surface area contributed by atoms with Gasteiger partial charge in [-0.2, -0.15) is 0 Å². The topological polar surface area (TPSA) is 20.3 Å². The molecule has 0 aromatic carbocycles. The number of rotatable bonds is 1. The minimum atomic E-state index is 0.174. The van der Waals surface area contributed by atoms with Crippen molar-refractivity contribution in [1.29, 1.82) is 0 Å². The first-order valence-corrected chi connectivity index (χ1v) is 5.50. The maximum Gasteiger partial charge on any atom is 0.225 e. The Morgan fingerprint density at radius 1 is 1.08 bits per heavy atom. The average molecular weight is 185 g/mol. The maximum atomic E-state index is 11.4. The Balaban J connectivity index is 0.000000671. The van der Waals surface area contributed by atoms with Gasteiger partial charge in [0.1, 0.15) is 0 Å². The predicted molar refractivity (Wildman–Crippen MR) is 56.6 cm³/mol. The molecule has 1 amide bonds. The molecule has 0 aromatic heterocycles. The lowest BCUT2D eigenvalue weighted by Gasteiger charge is -2.28. The van der Waals surface area contributed by atoms with E-state index in [1.54, 1.807) is 0 Å². The molecule has 2 nitrogen and oxygen atoms in total. The highest BCUT2D eigenvalue weighted by Gasteiger charge is 2.18. The van der Waals surface area contributed by atoms with E-state index >= 15 is 0 Å². The second kappa shape index (κ2) is 6.93. The van der Waals surface area contributed by atoms with Crippen LogP contribution in [0.2, 0.25) is 0 Å². The molecule has 1 heterocycles. The van der Waals surface area contributed by atoms with Crippen LogP contribution in [0.3, 0.4) is 0 Å². The van der Waals surface area contributed by atoms with Gasteiger partial charge in [-0.05, 0) is 19.3 Å². The second-order valence-corrected chi connectivity index (χ2v) is 3.54. The molecule has 2 heteroatoms. The number of likely N-dealkylation sites (tertiary alicyclic amines) is 1. The molecule has 1 aliphatic heterocycles. The molecule has 0 N–H and O–H groups in total. The second-order valence-electron chi connectivity index (χ2n) is 3.54. The van der Waals surface area contributed by atoms with E-state index in [1.807, 2.05) is 32.6 Å². The molecule has 78 valence electrons. The number of piperidine rings is 1. The van der Waals surface area contributed by atoms with Crippen molar-refractivity contribution in [2.75, 3.05) is 13.1 Å². The highest BCUT2D eigenvalue weighted by molar-refractivity contribution is 5.78. The summed E-state index contributed by atoms with van der Waals surface area (Å²) in [6.45, 7) is 9.90. The van der Waals surface area contributed by atoms with Gasteiger partial charge < -0.3 is 4.90 Å². The SMILES string of the molecule is CC.CC(C)C(=O)N1CCCCC1. The van der Waals surface area contributed by atoms with E-state index in [-0.39, 0.29) is 5.92 Å². The van der Waals surface area contributed by atoms with Crippen LogP contribution in [0.1, 0.15) is 47.0 Å². The van der Waals surface area contributed by atoms with Gasteiger partial charge in [0.05, 0.1) is 0 Å². The molecule has 0 spiro atoms. The van der Waals surface area contributed by atoms with Gasteiger partial charge in [-0.3, -0.25) is 4.79 Å². The number of nitrogens with zero attached hydrogens (tertiary/aromatic N) is 1. The van der Waals surface area contributed by atoms with Crippen molar-refractivity contribution < 1.29 is 4.79 Å². The maximum absolute atomic E-state index is 11.4. The van der Waals surface area contributed by atoms with Gasteiger partial charge in [-0.1, -0.05) is 27.7 Å². The molecule has 13 heavy (non-hydrogen) atoms. The molecule has 0 bridgehead atoms. The van der Waals surface area contributed by atoms with Gasteiger partial charge in [0.2, 0.25) is 5.91 Å². The third-order valence-corrected chi connectivity index (χ3v) is 2.16. The van der Waals surface area contributed by atoms with Crippen LogP contribution in [0.5, 0.6) is 0 Å². The van der Waals surface area contributed by atoms with Crippen molar-refractivity contribution in [1.82, 2.24) is 4.90 Å². The van der Waals surface area contributed by atoms with E-state index in [9.17, 15) is 4.79 Å². The van der Waals surface area contributed by atoms with Crippen molar-refractivity contribution >= 4 is 5.91 Å². The number of carbonyl (C=O) groups is 1. The summed E-state index contributed by atoms with van der Waals surface area (Å²) < 4.78 is 0. The average Bonchev–Trinajstić information content (AvgIpc) is 2.21. The summed E-state index contributed by atoms with van der Waals surface area (Å²) in [6.07, 6.45) is 3.68. The van der Waals surface area contributed by atoms with Crippen molar-refractivity contribution in [2.24, 2.45) is 5.92 Å². The zero-order valence-electron chi connectivity index (χ0n) is 9.47. The largest absolute Gasteiger partial charge is 0.342 e. The van der Waals surface area contributed by atoms with Crippen molar-refractivity contribution in [2.45, 2.75) is 47.0 Å². The number of hydrogen-bond donors (Lipinski definition) is 0. The number of carbonyl (C=O) groups excluding carboxylic acids is 1. The first kappa shape index (κ1) is 12.5. The summed E-state index contributed by atoms with van der Waals surface area (Å²) >= 11 is 0. The van der Waals surface area contributed by atoms with E-state index < -0.39 is 0 Å². The molecule has 0 saturated carbocycles. The van der Waals surface area contributed by atoms with Crippen LogP contribution in [0.15, 0.2) is 0 Å². The summed E-state index contributed by atoms with van der Waals surface area (Å²) in [5.41, 5.74) is 0. The zero-order valence-corrected chi connectivity index (χ0v) is 9.47. The molecule has 0 radical (unpaired) electrons. The zero-order chi connectivity index (χ0) is 10.3. The van der Waals surface area contributed by atoms with Crippen LogP contribution in [0.25, 0.3) is 0 Å². The van der Waals surface area contributed by atoms with Gasteiger partial charge in [0.25, 0.3) is 0 Å². The Bertz CT molecular complexity index is 137. The van der Waals surface area contributed by atoms with Crippen molar-refractivity contribution in [3.8, 4) is 0 Å². The summed E-state index contributed by atoms with van der Waals surface area (Å²) in [7, 11) is 0. The fourth-order valence-corrected chi connectivity index (χ4v) is 1.48. The van der Waals surface area contributed by atoms with Gasteiger partial charge in [-0.15, -0.1) is 0 Å². The minimum Gasteiger partial charge on any atom is -0.342 e. The van der Waals surface area contributed by atoms with Crippen LogP contribution < -0.4 is 0 Å². The van der Waals surface area contributed by atoms with E-state index in [0.717, 1.165) is 13.1 Å². The Hall–Kier alpha value is -0.530. The number of hydrogen-bond acceptors (Lipinski definition) is 1. The van der Waals surface area contributed by atoms with Crippen LogP contribution in [-0.2, 0) is 4.79 Å². The molecule has 0 aromatic rings. The minimum absolute atomic E-state index is 0.174. The monoisotopic (exact) mass is 185 g/mol. The Kier molecular flexibility index (Phi) is 6.65. The fourth-order valence-electron chi connectivity index (χ4n) is 1.48. The van der Waals surface area contributed by atoms with Crippen LogP contribution in [0, 0.1) is 5.92 Å². The fraction of sp³-hybridized carbons (Fsp3) is 0.909. The number of amides is 1. The molecule has 0 aliphatic carbocycles. The lowest BCUT2D eigenvalue weighted by molar-refractivity contribution is -0.135. The predicted octanol–water partition coefficient (Wildman–Crippen LogP) is 2.68. The third kappa shape index (κ3) is 4.30. The van der Waals surface area contributed by atoms with Crippen LogP contribution in [-0.4, -0.2) is 23.9 Å². The van der Waals surface area contributed by atoms with Crippen molar-refractivity contribution in [3.63, 3.8) is 0 Å². The van der Waals surface area contributed by atoms with E-state index in [1.165, 1.54) is 19.3 Å². The van der Waals surface area contributed by atoms with Gasteiger partial charge in [0.15, 0.2) is 0 Å². The summed E-state index contributed by atoms with van der Waals surface area (Å²) in [5, 5.41) is 0. The Labute approximate surface area is 82.3 Å². The highest BCUT2D eigenvalue weighted by Crippen LogP contribution is 2.11. The van der Waals surface area contributed by atoms with E-state index in [2.05, 4.69) is 0 Å². The molecule has 1 saturated heterocycles. The van der Waals surface area contributed by atoms with E-state index in [4.69, 9.17) is 0 Å². The normalized spacial score (nSPS) is 16.5. The summed E-state index contributed by atoms with van der Waals surface area (Å²) in [5.74, 6) is 0.498. The molecular formula is C11H23NO. The first-order chi connectivity index (χ1) is 6.22. The summed E-state index contributed by atoms with van der Waals surface area (Å²) in [6, 6.07) is 0. The van der Waals surface area contributed by atoms with Crippen molar-refractivity contribution in [3.05, 3.63) is 0 Å². The third-order valence-electron chi connectivity index (χ3n) is 2.16. The van der Waals surface area contributed by atoms with Gasteiger partial charge in [-0.25, -0.2) is 0 Å². The lowest BCUT2D eigenvalue weighted by Crippen LogP contribution is -2.38.